The Bertz CT molecular complexity index is 987. The molecule has 144 valence electrons. The maximum Gasteiger partial charge on any atom is 0.276 e. The van der Waals surface area contributed by atoms with Crippen molar-refractivity contribution >= 4 is 23.1 Å². The van der Waals surface area contributed by atoms with Crippen LogP contribution in [0.25, 0.3) is 0 Å². The minimum absolute atomic E-state index is 0.198. The molecule has 0 aliphatic heterocycles. The van der Waals surface area contributed by atoms with E-state index in [-0.39, 0.29) is 11.6 Å². The van der Waals surface area contributed by atoms with Gasteiger partial charge >= 0.3 is 0 Å². The number of carbonyl (C=O) groups is 1. The van der Waals surface area contributed by atoms with Crippen LogP contribution in [0.2, 0.25) is 0 Å². The Kier molecular flexibility index (Phi) is 5.74. The first-order chi connectivity index (χ1) is 13.5. The number of aromatic nitrogens is 2. The Labute approximate surface area is 163 Å². The predicted molar refractivity (Wildman–Crippen MR) is 109 cm³/mol. The van der Waals surface area contributed by atoms with Crippen LogP contribution < -0.4 is 20.1 Å². The van der Waals surface area contributed by atoms with Gasteiger partial charge in [-0.3, -0.25) is 4.79 Å². The summed E-state index contributed by atoms with van der Waals surface area (Å²) in [5, 5.41) is 14.1. The van der Waals surface area contributed by atoms with Crippen molar-refractivity contribution in [2.75, 3.05) is 24.9 Å². The number of aryl methyl sites for hydroxylation is 2. The van der Waals surface area contributed by atoms with Crippen molar-refractivity contribution in [3.8, 4) is 11.5 Å². The van der Waals surface area contributed by atoms with Gasteiger partial charge in [0.25, 0.3) is 5.91 Å². The summed E-state index contributed by atoms with van der Waals surface area (Å²) in [4.78, 5) is 12.5. The number of hydrogen-bond donors (Lipinski definition) is 2. The van der Waals surface area contributed by atoms with Crippen molar-refractivity contribution in [1.82, 2.24) is 10.2 Å². The average Bonchev–Trinajstić information content (AvgIpc) is 2.71. The molecule has 2 N–H and O–H groups in total. The van der Waals surface area contributed by atoms with E-state index in [1.165, 1.54) is 12.7 Å². The molecule has 7 nitrogen and oxygen atoms in total. The maximum atomic E-state index is 12.5. The third kappa shape index (κ3) is 4.37. The van der Waals surface area contributed by atoms with Crippen LogP contribution in [0.4, 0.5) is 17.2 Å². The van der Waals surface area contributed by atoms with Gasteiger partial charge in [-0.1, -0.05) is 17.7 Å². The lowest BCUT2D eigenvalue weighted by molar-refractivity contribution is 0.102. The van der Waals surface area contributed by atoms with E-state index in [0.717, 1.165) is 11.3 Å². The number of methoxy groups -OCH3 is 2. The fraction of sp³-hybridized carbons (Fsp3) is 0.190. The molecular formula is C21H22N4O3. The molecule has 0 saturated carbocycles. The van der Waals surface area contributed by atoms with Crippen molar-refractivity contribution in [1.29, 1.82) is 0 Å². The number of carbonyl (C=O) groups excluding carboxylic acids is 1. The lowest BCUT2D eigenvalue weighted by Crippen LogP contribution is -2.15. The highest BCUT2D eigenvalue weighted by Gasteiger charge is 2.13. The Hall–Kier alpha value is -3.61. The number of hydrogen-bond acceptors (Lipinski definition) is 6. The lowest BCUT2D eigenvalue weighted by Gasteiger charge is -2.12. The van der Waals surface area contributed by atoms with Gasteiger partial charge in [0.2, 0.25) is 0 Å². The van der Waals surface area contributed by atoms with Crippen molar-refractivity contribution in [3.05, 3.63) is 65.4 Å². The number of amides is 1. The summed E-state index contributed by atoms with van der Waals surface area (Å²) in [6, 6.07) is 14.6. The van der Waals surface area contributed by atoms with Gasteiger partial charge < -0.3 is 20.1 Å². The number of benzene rings is 2. The molecular weight excluding hydrogens is 356 g/mol. The van der Waals surface area contributed by atoms with Gasteiger partial charge in [0.1, 0.15) is 11.5 Å². The zero-order valence-corrected chi connectivity index (χ0v) is 16.2. The van der Waals surface area contributed by atoms with Crippen LogP contribution in [0.5, 0.6) is 11.5 Å². The largest absolute Gasteiger partial charge is 0.497 e. The number of nitrogens with one attached hydrogen (secondary N) is 2. The Morgan fingerprint density at radius 1 is 0.893 bits per heavy atom. The third-order valence-electron chi connectivity index (χ3n) is 4.20. The van der Waals surface area contributed by atoms with Crippen molar-refractivity contribution in [3.63, 3.8) is 0 Å². The number of rotatable bonds is 6. The summed E-state index contributed by atoms with van der Waals surface area (Å²) in [5.74, 6) is 1.31. The smallest absolute Gasteiger partial charge is 0.276 e. The topological polar surface area (TPSA) is 85.4 Å². The molecule has 1 aromatic heterocycles. The first-order valence-corrected chi connectivity index (χ1v) is 8.71. The fourth-order valence-corrected chi connectivity index (χ4v) is 2.70. The van der Waals surface area contributed by atoms with Crippen LogP contribution in [-0.4, -0.2) is 30.3 Å². The zero-order valence-electron chi connectivity index (χ0n) is 16.2. The predicted octanol–water partition coefficient (Wildman–Crippen LogP) is 4.11. The molecule has 3 aromatic rings. The highest BCUT2D eigenvalue weighted by atomic mass is 16.5. The number of anilines is 3. The van der Waals surface area contributed by atoms with Crippen LogP contribution >= 0.6 is 0 Å². The summed E-state index contributed by atoms with van der Waals surface area (Å²) < 4.78 is 10.4. The fourth-order valence-electron chi connectivity index (χ4n) is 2.70. The third-order valence-corrected chi connectivity index (χ3v) is 4.20. The Morgan fingerprint density at radius 3 is 2.32 bits per heavy atom. The summed E-state index contributed by atoms with van der Waals surface area (Å²) in [7, 11) is 3.09. The molecule has 0 saturated heterocycles. The second-order valence-corrected chi connectivity index (χ2v) is 6.27. The Morgan fingerprint density at radius 2 is 1.68 bits per heavy atom. The number of ether oxygens (including phenoxy) is 2. The molecule has 0 aliphatic carbocycles. The van der Waals surface area contributed by atoms with E-state index in [0.29, 0.717) is 23.0 Å². The molecule has 0 radical (unpaired) electrons. The van der Waals surface area contributed by atoms with Crippen molar-refractivity contribution < 1.29 is 14.3 Å². The molecule has 0 unspecified atom stereocenters. The van der Waals surface area contributed by atoms with Gasteiger partial charge in [0.05, 0.1) is 19.9 Å². The van der Waals surface area contributed by atoms with Gasteiger partial charge in [-0.05, 0) is 49.7 Å². The molecule has 7 heteroatoms. The molecule has 0 aliphatic rings. The monoisotopic (exact) mass is 378 g/mol. The van der Waals surface area contributed by atoms with E-state index in [1.54, 1.807) is 37.4 Å². The van der Waals surface area contributed by atoms with E-state index in [1.807, 2.05) is 26.0 Å². The first-order valence-electron chi connectivity index (χ1n) is 8.71. The summed E-state index contributed by atoms with van der Waals surface area (Å²) in [5.41, 5.74) is 3.96. The van der Waals surface area contributed by atoms with Crippen LogP contribution in [0, 0.1) is 13.8 Å². The molecule has 0 spiro atoms. The molecule has 28 heavy (non-hydrogen) atoms. The second-order valence-electron chi connectivity index (χ2n) is 6.27. The van der Waals surface area contributed by atoms with Gasteiger partial charge in [0.15, 0.2) is 11.5 Å². The molecule has 3 rings (SSSR count). The second kappa shape index (κ2) is 8.39. The van der Waals surface area contributed by atoms with Crippen LogP contribution in [0.1, 0.15) is 21.6 Å². The van der Waals surface area contributed by atoms with Crippen molar-refractivity contribution in [2.45, 2.75) is 13.8 Å². The normalized spacial score (nSPS) is 10.3. The van der Waals surface area contributed by atoms with E-state index >= 15 is 0 Å². The van der Waals surface area contributed by atoms with Crippen LogP contribution in [0.3, 0.4) is 0 Å². The van der Waals surface area contributed by atoms with E-state index in [4.69, 9.17) is 9.47 Å². The Balaban J connectivity index is 1.72. The van der Waals surface area contributed by atoms with Gasteiger partial charge in [-0.2, -0.15) is 0 Å². The van der Waals surface area contributed by atoms with E-state index in [9.17, 15) is 4.79 Å². The molecule has 0 fully saturated rings. The minimum atomic E-state index is -0.381. The molecule has 2 aromatic carbocycles. The highest BCUT2D eigenvalue weighted by Crippen LogP contribution is 2.29. The SMILES string of the molecule is COc1ccc(NC(=O)c2ccc(Nc3ccc(C)cc3C)nn2)c(OC)c1. The van der Waals surface area contributed by atoms with E-state index in [2.05, 4.69) is 26.9 Å². The first kappa shape index (κ1) is 19.2. The standard InChI is InChI=1S/C21H22N4O3/c1-13-5-7-16(14(2)11-13)22-20-10-9-18(24-25-20)21(26)23-17-8-6-15(27-3)12-19(17)28-4/h5-12H,1-4H3,(H,22,25)(H,23,26). The highest BCUT2D eigenvalue weighted by molar-refractivity contribution is 6.03. The average molecular weight is 378 g/mol. The van der Waals surface area contributed by atoms with Gasteiger partial charge in [-0.15, -0.1) is 10.2 Å². The maximum absolute atomic E-state index is 12.5. The van der Waals surface area contributed by atoms with Crippen LogP contribution in [0.15, 0.2) is 48.5 Å². The number of nitrogens with zero attached hydrogens (tertiary/aromatic N) is 2. The lowest BCUT2D eigenvalue weighted by atomic mass is 10.1. The molecule has 1 heterocycles. The quantitative estimate of drug-likeness (QED) is 0.671. The van der Waals surface area contributed by atoms with Gasteiger partial charge in [-0.25, -0.2) is 0 Å². The van der Waals surface area contributed by atoms with E-state index < -0.39 is 0 Å². The van der Waals surface area contributed by atoms with Crippen molar-refractivity contribution in [2.24, 2.45) is 0 Å². The summed E-state index contributed by atoms with van der Waals surface area (Å²) in [6.07, 6.45) is 0. The summed E-state index contributed by atoms with van der Waals surface area (Å²) in [6.45, 7) is 4.06. The van der Waals surface area contributed by atoms with Crippen LogP contribution in [-0.2, 0) is 0 Å². The molecule has 1 amide bonds. The summed E-state index contributed by atoms with van der Waals surface area (Å²) >= 11 is 0. The van der Waals surface area contributed by atoms with Gasteiger partial charge in [0, 0.05) is 11.8 Å². The molecule has 0 atom stereocenters. The molecule has 0 bridgehead atoms. The minimum Gasteiger partial charge on any atom is -0.497 e. The zero-order chi connectivity index (χ0) is 20.1.